The number of hydrogen-bond acceptors (Lipinski definition) is 1. The lowest BCUT2D eigenvalue weighted by molar-refractivity contribution is -0.118. The van der Waals surface area contributed by atoms with Gasteiger partial charge in [-0.1, -0.05) is 70.4 Å². The van der Waals surface area contributed by atoms with Gasteiger partial charge >= 0.3 is 0 Å². The molecule has 0 aromatic carbocycles. The number of unbranched alkanes of at least 4 members (excludes halogenated alkanes) is 11. The fourth-order valence-electron chi connectivity index (χ4n) is 2.37. The van der Waals surface area contributed by atoms with Gasteiger partial charge in [-0.3, -0.25) is 4.79 Å². The normalized spacial score (nSPS) is 10.7. The number of halogens is 1. The number of primary amides is 1. The maximum atomic E-state index is 10.5. The summed E-state index contributed by atoms with van der Waals surface area (Å²) in [6.07, 6.45) is 21.9. The smallest absolute Gasteiger partial charge is 0.217 e. The largest absolute Gasteiger partial charge is 0.370 e. The molecule has 0 bridgehead atoms. The minimum Gasteiger partial charge on any atom is -0.370 e. The van der Waals surface area contributed by atoms with Gasteiger partial charge in [-0.15, -0.1) is 24.0 Å². The van der Waals surface area contributed by atoms with E-state index in [4.69, 9.17) is 5.73 Å². The van der Waals surface area contributed by atoms with Gasteiger partial charge in [0.25, 0.3) is 0 Å². The highest BCUT2D eigenvalue weighted by Crippen LogP contribution is 2.09. The van der Waals surface area contributed by atoms with E-state index < -0.39 is 0 Å². The van der Waals surface area contributed by atoms with Crippen molar-refractivity contribution in [3.63, 3.8) is 0 Å². The number of carbonyl (C=O) groups excluding carboxylic acids is 1. The molecule has 0 saturated carbocycles. The summed E-state index contributed by atoms with van der Waals surface area (Å²) >= 11 is 0. The summed E-state index contributed by atoms with van der Waals surface area (Å²) in [5.41, 5.74) is 5.10. The Hall–Kier alpha value is -0.0600. The second kappa shape index (κ2) is 19.9. The molecular formula is C18H36INO. The fourth-order valence-corrected chi connectivity index (χ4v) is 2.37. The summed E-state index contributed by atoms with van der Waals surface area (Å²) in [6, 6.07) is 0. The molecule has 21 heavy (non-hydrogen) atoms. The molecule has 0 radical (unpaired) electrons. The Kier molecular flexibility index (Phi) is 22.0. The van der Waals surface area contributed by atoms with E-state index in [1.165, 1.54) is 70.6 Å². The van der Waals surface area contributed by atoms with Crippen molar-refractivity contribution in [2.45, 2.75) is 96.8 Å². The second-order valence-electron chi connectivity index (χ2n) is 5.80. The van der Waals surface area contributed by atoms with Crippen LogP contribution in [-0.4, -0.2) is 5.91 Å². The van der Waals surface area contributed by atoms with E-state index in [1.54, 1.807) is 0 Å². The van der Waals surface area contributed by atoms with Crippen LogP contribution in [0.4, 0.5) is 0 Å². The average molecular weight is 409 g/mol. The summed E-state index contributed by atoms with van der Waals surface area (Å²) in [5.74, 6) is -0.164. The molecule has 0 rings (SSSR count). The Morgan fingerprint density at radius 3 is 1.67 bits per heavy atom. The highest BCUT2D eigenvalue weighted by atomic mass is 127. The van der Waals surface area contributed by atoms with Crippen LogP contribution in [0.3, 0.4) is 0 Å². The predicted molar refractivity (Wildman–Crippen MR) is 104 cm³/mol. The molecule has 0 unspecified atom stereocenters. The van der Waals surface area contributed by atoms with Gasteiger partial charge in [-0.2, -0.15) is 0 Å². The zero-order valence-corrected chi connectivity index (χ0v) is 16.3. The maximum Gasteiger partial charge on any atom is 0.217 e. The third-order valence-electron chi connectivity index (χ3n) is 3.68. The first-order chi connectivity index (χ1) is 9.77. The fraction of sp³-hybridized carbons (Fsp3) is 0.833. The Balaban J connectivity index is 0. The molecule has 0 aliphatic heterocycles. The summed E-state index contributed by atoms with van der Waals surface area (Å²) in [5, 5.41) is 0. The Bertz CT molecular complexity index is 241. The molecule has 0 aliphatic carbocycles. The molecule has 0 saturated heterocycles. The van der Waals surface area contributed by atoms with Crippen molar-refractivity contribution >= 4 is 29.9 Å². The van der Waals surface area contributed by atoms with E-state index >= 15 is 0 Å². The van der Waals surface area contributed by atoms with Crippen LogP contribution in [-0.2, 0) is 4.79 Å². The van der Waals surface area contributed by atoms with E-state index in [1.807, 2.05) is 0 Å². The van der Waals surface area contributed by atoms with Crippen LogP contribution in [0.15, 0.2) is 12.2 Å². The van der Waals surface area contributed by atoms with E-state index in [2.05, 4.69) is 19.1 Å². The van der Waals surface area contributed by atoms with Gasteiger partial charge in [-0.25, -0.2) is 0 Å². The first-order valence-electron chi connectivity index (χ1n) is 8.70. The minimum atomic E-state index is -0.164. The van der Waals surface area contributed by atoms with Gasteiger partial charge < -0.3 is 5.73 Å². The first kappa shape index (κ1) is 23.2. The Labute approximate surface area is 149 Å². The van der Waals surface area contributed by atoms with Crippen molar-refractivity contribution in [2.75, 3.05) is 0 Å². The molecule has 2 N–H and O–H groups in total. The van der Waals surface area contributed by atoms with Crippen LogP contribution in [0.25, 0.3) is 0 Å². The van der Waals surface area contributed by atoms with Crippen LogP contribution < -0.4 is 5.73 Å². The van der Waals surface area contributed by atoms with Gasteiger partial charge in [0.05, 0.1) is 0 Å². The van der Waals surface area contributed by atoms with E-state index in [0.717, 1.165) is 12.8 Å². The summed E-state index contributed by atoms with van der Waals surface area (Å²) in [4.78, 5) is 10.5. The molecule has 3 heteroatoms. The van der Waals surface area contributed by atoms with Crippen molar-refractivity contribution in [3.05, 3.63) is 12.2 Å². The maximum absolute atomic E-state index is 10.5. The number of rotatable bonds is 15. The Morgan fingerprint density at radius 2 is 1.19 bits per heavy atom. The van der Waals surface area contributed by atoms with Gasteiger partial charge in [0.15, 0.2) is 0 Å². The third kappa shape index (κ3) is 22.4. The number of amides is 1. The molecule has 2 nitrogen and oxygen atoms in total. The highest BCUT2D eigenvalue weighted by Gasteiger charge is 1.94. The van der Waals surface area contributed by atoms with Crippen LogP contribution >= 0.6 is 24.0 Å². The standard InChI is InChI=1S/C18H35NO.HI/c1-2-3-4-5-6-7-8-9-10-11-12-13-14-15-16-17-18(19)20;/h9-10H,2-8,11-17H2,1H3,(H2,19,20);1H/b10-9-;. The number of nitrogens with two attached hydrogens (primary N) is 1. The van der Waals surface area contributed by atoms with E-state index in [-0.39, 0.29) is 29.9 Å². The van der Waals surface area contributed by atoms with Crippen molar-refractivity contribution in [3.8, 4) is 0 Å². The zero-order valence-electron chi connectivity index (χ0n) is 13.9. The van der Waals surface area contributed by atoms with Gasteiger partial charge in [0, 0.05) is 6.42 Å². The third-order valence-corrected chi connectivity index (χ3v) is 3.68. The minimum absolute atomic E-state index is 0. The van der Waals surface area contributed by atoms with E-state index in [9.17, 15) is 4.79 Å². The molecular weight excluding hydrogens is 373 g/mol. The van der Waals surface area contributed by atoms with Crippen LogP contribution in [0.2, 0.25) is 0 Å². The molecule has 0 atom stereocenters. The number of carbonyl (C=O) groups is 1. The number of allylic oxidation sites excluding steroid dienone is 2. The van der Waals surface area contributed by atoms with E-state index in [0.29, 0.717) is 6.42 Å². The highest BCUT2D eigenvalue weighted by molar-refractivity contribution is 14.0. The van der Waals surface area contributed by atoms with Gasteiger partial charge in [0.1, 0.15) is 0 Å². The molecule has 1 amide bonds. The molecule has 126 valence electrons. The molecule has 0 spiro atoms. The summed E-state index contributed by atoms with van der Waals surface area (Å²) < 4.78 is 0. The summed E-state index contributed by atoms with van der Waals surface area (Å²) in [6.45, 7) is 2.26. The second-order valence-corrected chi connectivity index (χ2v) is 5.80. The molecule has 0 fully saturated rings. The average Bonchev–Trinajstić information content (AvgIpc) is 2.43. The lowest BCUT2D eigenvalue weighted by Crippen LogP contribution is -2.09. The van der Waals surface area contributed by atoms with Gasteiger partial charge in [-0.05, 0) is 32.1 Å². The summed E-state index contributed by atoms with van der Waals surface area (Å²) in [7, 11) is 0. The lowest BCUT2D eigenvalue weighted by atomic mass is 10.1. The lowest BCUT2D eigenvalue weighted by Gasteiger charge is -1.99. The van der Waals surface area contributed by atoms with Crippen LogP contribution in [0.5, 0.6) is 0 Å². The van der Waals surface area contributed by atoms with Crippen molar-refractivity contribution < 1.29 is 4.79 Å². The van der Waals surface area contributed by atoms with Crippen molar-refractivity contribution in [1.29, 1.82) is 0 Å². The van der Waals surface area contributed by atoms with Crippen molar-refractivity contribution in [2.24, 2.45) is 5.73 Å². The monoisotopic (exact) mass is 409 g/mol. The Morgan fingerprint density at radius 1 is 0.762 bits per heavy atom. The number of hydrogen-bond donors (Lipinski definition) is 1. The molecule has 0 heterocycles. The quantitative estimate of drug-likeness (QED) is 0.197. The predicted octanol–water partition coefficient (Wildman–Crippen LogP) is 6.13. The molecule has 0 aromatic heterocycles. The zero-order chi connectivity index (χ0) is 14.9. The van der Waals surface area contributed by atoms with Gasteiger partial charge in [0.2, 0.25) is 5.91 Å². The molecule has 0 aromatic rings. The first-order valence-corrected chi connectivity index (χ1v) is 8.70. The topological polar surface area (TPSA) is 43.1 Å². The van der Waals surface area contributed by atoms with Crippen molar-refractivity contribution in [1.82, 2.24) is 0 Å². The van der Waals surface area contributed by atoms with Crippen LogP contribution in [0.1, 0.15) is 96.8 Å². The van der Waals surface area contributed by atoms with Crippen LogP contribution in [0, 0.1) is 0 Å². The SMILES string of the molecule is CCCCCCCC/C=C\CCCCCCCC(N)=O.I. The molecule has 0 aliphatic rings.